The van der Waals surface area contributed by atoms with Crippen molar-refractivity contribution in [2.75, 3.05) is 20.3 Å². The van der Waals surface area contributed by atoms with Crippen LogP contribution in [-0.2, 0) is 27.1 Å². The van der Waals surface area contributed by atoms with Crippen LogP contribution in [0.25, 0.3) is 12.2 Å². The zero-order valence-electron chi connectivity index (χ0n) is 25.9. The number of hydrogen-bond donors (Lipinski definition) is 1. The molecule has 4 aromatic carbocycles. The molecule has 1 N–H and O–H groups in total. The van der Waals surface area contributed by atoms with Crippen molar-refractivity contribution >= 4 is 18.1 Å². The van der Waals surface area contributed by atoms with Gasteiger partial charge >= 0.3 is 5.97 Å². The van der Waals surface area contributed by atoms with Gasteiger partial charge in [0.05, 0.1) is 6.61 Å². The Kier molecular flexibility index (Phi) is 10.7. The zero-order valence-corrected chi connectivity index (χ0v) is 25.9. The van der Waals surface area contributed by atoms with Crippen LogP contribution in [0.15, 0.2) is 91.0 Å². The van der Waals surface area contributed by atoms with Crippen molar-refractivity contribution in [1.82, 2.24) is 0 Å². The average Bonchev–Trinajstić information content (AvgIpc) is 3.21. The Balaban J connectivity index is 1.32. The van der Waals surface area contributed by atoms with Gasteiger partial charge in [-0.05, 0) is 69.5 Å². The molecule has 0 aliphatic heterocycles. The standard InChI is InChI=1S/C39H42O5/c1-4-5-9-28-14-20-35-32(24-28)15-16-33-26-31(27(2)30-10-7-6-8-11-30)17-21-36(33)38(35)44-23-22-43-34-18-12-29(13-19-34)25-37(42-3)39(40)41/h6-8,10-21,24,26-27,37-38H,4-5,9,22-23,25H2,1-3H3,(H,40,41). The lowest BCUT2D eigenvalue weighted by molar-refractivity contribution is -0.148. The van der Waals surface area contributed by atoms with E-state index in [1.807, 2.05) is 24.3 Å². The molecule has 228 valence electrons. The summed E-state index contributed by atoms with van der Waals surface area (Å²) >= 11 is 0. The highest BCUT2D eigenvalue weighted by atomic mass is 16.5. The molecule has 0 bridgehead atoms. The number of unbranched alkanes of at least 4 members (excludes halogenated alkanes) is 1. The Hall–Kier alpha value is -4.19. The van der Waals surface area contributed by atoms with Gasteiger partial charge in [0.2, 0.25) is 0 Å². The van der Waals surface area contributed by atoms with E-state index >= 15 is 0 Å². The maximum atomic E-state index is 11.3. The molecule has 0 radical (unpaired) electrons. The van der Waals surface area contributed by atoms with Gasteiger partial charge in [0.15, 0.2) is 6.10 Å². The molecular weight excluding hydrogens is 548 g/mol. The van der Waals surface area contributed by atoms with Crippen molar-refractivity contribution in [1.29, 1.82) is 0 Å². The average molecular weight is 591 g/mol. The second-order valence-corrected chi connectivity index (χ2v) is 11.4. The highest BCUT2D eigenvalue weighted by Gasteiger charge is 2.24. The summed E-state index contributed by atoms with van der Waals surface area (Å²) < 4.78 is 17.7. The van der Waals surface area contributed by atoms with Gasteiger partial charge in [0.25, 0.3) is 0 Å². The van der Waals surface area contributed by atoms with Gasteiger partial charge in [-0.1, -0.05) is 111 Å². The summed E-state index contributed by atoms with van der Waals surface area (Å²) in [6, 6.07) is 31.6. The summed E-state index contributed by atoms with van der Waals surface area (Å²) in [5, 5.41) is 9.25. The summed E-state index contributed by atoms with van der Waals surface area (Å²) in [7, 11) is 1.41. The first-order valence-electron chi connectivity index (χ1n) is 15.6. The maximum Gasteiger partial charge on any atom is 0.333 e. The van der Waals surface area contributed by atoms with Gasteiger partial charge in [-0.15, -0.1) is 0 Å². The lowest BCUT2D eigenvalue weighted by Gasteiger charge is -2.23. The summed E-state index contributed by atoms with van der Waals surface area (Å²) in [6.45, 7) is 5.29. The minimum Gasteiger partial charge on any atom is -0.491 e. The summed E-state index contributed by atoms with van der Waals surface area (Å²) in [5.41, 5.74) is 9.50. The molecule has 0 saturated carbocycles. The van der Waals surface area contributed by atoms with E-state index in [2.05, 4.69) is 92.7 Å². The van der Waals surface area contributed by atoms with Crippen molar-refractivity contribution in [3.63, 3.8) is 0 Å². The van der Waals surface area contributed by atoms with E-state index in [4.69, 9.17) is 14.2 Å². The van der Waals surface area contributed by atoms with Crippen LogP contribution >= 0.6 is 0 Å². The summed E-state index contributed by atoms with van der Waals surface area (Å²) in [5.74, 6) is 0.0240. The molecule has 0 aromatic heterocycles. The molecule has 0 fully saturated rings. The van der Waals surface area contributed by atoms with Crippen molar-refractivity contribution in [2.24, 2.45) is 0 Å². The Labute approximate surface area is 261 Å². The van der Waals surface area contributed by atoms with Crippen molar-refractivity contribution in [2.45, 2.75) is 57.7 Å². The molecule has 0 saturated heterocycles. The molecule has 1 aliphatic rings. The number of carboxylic acids is 1. The van der Waals surface area contributed by atoms with Gasteiger partial charge < -0.3 is 19.3 Å². The van der Waals surface area contributed by atoms with Crippen LogP contribution in [-0.4, -0.2) is 37.5 Å². The number of ether oxygens (including phenoxy) is 3. The van der Waals surface area contributed by atoms with E-state index in [-0.39, 0.29) is 12.0 Å². The monoisotopic (exact) mass is 590 g/mol. The number of benzene rings is 4. The zero-order chi connectivity index (χ0) is 30.9. The smallest absolute Gasteiger partial charge is 0.333 e. The molecule has 3 atom stereocenters. The lowest BCUT2D eigenvalue weighted by atomic mass is 9.88. The summed E-state index contributed by atoms with van der Waals surface area (Å²) in [4.78, 5) is 11.3. The second-order valence-electron chi connectivity index (χ2n) is 11.4. The van der Waals surface area contributed by atoms with Crippen molar-refractivity contribution < 1.29 is 24.1 Å². The van der Waals surface area contributed by atoms with Crippen LogP contribution in [0, 0.1) is 0 Å². The number of aryl methyl sites for hydroxylation is 1. The topological polar surface area (TPSA) is 65.0 Å². The van der Waals surface area contributed by atoms with Crippen molar-refractivity contribution in [3.05, 3.63) is 136 Å². The van der Waals surface area contributed by atoms with Crippen LogP contribution in [0.3, 0.4) is 0 Å². The van der Waals surface area contributed by atoms with Crippen LogP contribution in [0.2, 0.25) is 0 Å². The minimum absolute atomic E-state index is 0.218. The third-order valence-electron chi connectivity index (χ3n) is 8.43. The Morgan fingerprint density at radius 2 is 1.50 bits per heavy atom. The molecule has 0 amide bonds. The SMILES string of the molecule is CCCCc1ccc2c(c1)C=Cc1cc(C(C)c3ccccc3)ccc1C2OCCOc1ccc(CC(OC)C(=O)O)cc1. The highest BCUT2D eigenvalue weighted by molar-refractivity contribution is 5.77. The molecular formula is C39H42O5. The van der Waals surface area contributed by atoms with E-state index < -0.39 is 12.1 Å². The summed E-state index contributed by atoms with van der Waals surface area (Å²) in [6.07, 6.45) is 7.11. The number of fused-ring (bicyclic) bond motifs is 2. The number of carbonyl (C=O) groups is 1. The van der Waals surface area contributed by atoms with Crippen LogP contribution in [0.4, 0.5) is 0 Å². The van der Waals surface area contributed by atoms with E-state index in [1.165, 1.54) is 53.3 Å². The minimum atomic E-state index is -0.971. The number of hydrogen-bond acceptors (Lipinski definition) is 4. The Bertz CT molecular complexity index is 1560. The molecule has 4 aromatic rings. The third-order valence-corrected chi connectivity index (χ3v) is 8.43. The quantitative estimate of drug-likeness (QED) is 0.149. The first-order valence-corrected chi connectivity index (χ1v) is 15.6. The molecule has 5 nitrogen and oxygen atoms in total. The van der Waals surface area contributed by atoms with Gasteiger partial charge in [0.1, 0.15) is 18.5 Å². The molecule has 0 spiro atoms. The molecule has 1 aliphatic carbocycles. The molecule has 5 rings (SSSR count). The number of methoxy groups -OCH3 is 1. The van der Waals surface area contributed by atoms with E-state index in [1.54, 1.807) is 0 Å². The third kappa shape index (κ3) is 7.65. The number of aliphatic carboxylic acids is 1. The van der Waals surface area contributed by atoms with Gasteiger partial charge in [-0.3, -0.25) is 0 Å². The van der Waals surface area contributed by atoms with Crippen LogP contribution in [0.1, 0.15) is 83.2 Å². The van der Waals surface area contributed by atoms with Gasteiger partial charge in [0, 0.05) is 19.4 Å². The first kappa shape index (κ1) is 31.2. The normalized spacial score (nSPS) is 15.1. The fraction of sp³-hybridized carbons (Fsp3) is 0.308. The second kappa shape index (κ2) is 15.0. The molecule has 44 heavy (non-hydrogen) atoms. The van der Waals surface area contributed by atoms with Crippen molar-refractivity contribution in [3.8, 4) is 5.75 Å². The Morgan fingerprint density at radius 3 is 2.18 bits per heavy atom. The predicted octanol–water partition coefficient (Wildman–Crippen LogP) is 8.49. The fourth-order valence-electron chi connectivity index (χ4n) is 5.78. The molecule has 5 heteroatoms. The lowest BCUT2D eigenvalue weighted by Crippen LogP contribution is -2.24. The van der Waals surface area contributed by atoms with E-state index in [0.717, 1.165) is 17.5 Å². The molecule has 3 unspecified atom stereocenters. The number of carboxylic acid groups (broad SMARTS) is 1. The maximum absolute atomic E-state index is 11.3. The predicted molar refractivity (Wildman–Crippen MR) is 176 cm³/mol. The van der Waals surface area contributed by atoms with Crippen LogP contribution in [0.5, 0.6) is 5.75 Å². The molecule has 0 heterocycles. The van der Waals surface area contributed by atoms with Gasteiger partial charge in [-0.2, -0.15) is 0 Å². The number of rotatable bonds is 14. The fourth-order valence-corrected chi connectivity index (χ4v) is 5.78. The highest BCUT2D eigenvalue weighted by Crippen LogP contribution is 2.38. The van der Waals surface area contributed by atoms with Crippen LogP contribution < -0.4 is 4.74 Å². The Morgan fingerprint density at radius 1 is 0.818 bits per heavy atom. The van der Waals surface area contributed by atoms with Gasteiger partial charge in [-0.25, -0.2) is 4.79 Å². The largest absolute Gasteiger partial charge is 0.491 e. The van der Waals surface area contributed by atoms with E-state index in [9.17, 15) is 9.90 Å². The first-order chi connectivity index (χ1) is 21.5. The van der Waals surface area contributed by atoms with E-state index in [0.29, 0.717) is 25.4 Å².